The number of hydrogen-bond acceptors (Lipinski definition) is 2. The molecule has 29 heavy (non-hydrogen) atoms. The Bertz CT molecular complexity index is 810. The SMILES string of the molecule is CCn1ncc(/C=C2\C[C@@H]3[C@H]4CC[C@H]5CCCC[C@]5(C)[C@@H]4CC[C@@]3(C)[C@@H]2O)c1C. The van der Waals surface area contributed by atoms with Gasteiger partial charge in [-0.1, -0.05) is 26.7 Å². The fourth-order valence-electron chi connectivity index (χ4n) is 8.42. The maximum absolute atomic E-state index is 11.5. The minimum Gasteiger partial charge on any atom is -0.388 e. The smallest absolute Gasteiger partial charge is 0.0809 e. The highest BCUT2D eigenvalue weighted by Crippen LogP contribution is 2.67. The summed E-state index contributed by atoms with van der Waals surface area (Å²) in [5, 5.41) is 16.0. The van der Waals surface area contributed by atoms with Crippen molar-refractivity contribution in [3.63, 3.8) is 0 Å². The van der Waals surface area contributed by atoms with Crippen LogP contribution in [0.1, 0.15) is 89.8 Å². The fraction of sp³-hybridized carbons (Fsp3) is 0.808. The Kier molecular flexibility index (Phi) is 4.77. The third-order valence-electron chi connectivity index (χ3n) is 10.2. The summed E-state index contributed by atoms with van der Waals surface area (Å²) in [5.41, 5.74) is 4.33. The molecular weight excluding hydrogens is 356 g/mol. The predicted molar refractivity (Wildman–Crippen MR) is 118 cm³/mol. The summed E-state index contributed by atoms with van der Waals surface area (Å²) < 4.78 is 2.06. The minimum atomic E-state index is -0.283. The zero-order chi connectivity index (χ0) is 20.4. The van der Waals surface area contributed by atoms with Crippen LogP contribution in [-0.4, -0.2) is 21.0 Å². The summed E-state index contributed by atoms with van der Waals surface area (Å²) in [6.45, 7) is 10.2. The highest BCUT2D eigenvalue weighted by Gasteiger charge is 2.60. The summed E-state index contributed by atoms with van der Waals surface area (Å²) in [6.07, 6.45) is 16.3. The van der Waals surface area contributed by atoms with Crippen LogP contribution in [-0.2, 0) is 6.54 Å². The first-order valence-corrected chi connectivity index (χ1v) is 12.3. The molecule has 1 heterocycles. The molecule has 160 valence electrons. The van der Waals surface area contributed by atoms with Gasteiger partial charge in [-0.15, -0.1) is 0 Å². The van der Waals surface area contributed by atoms with Gasteiger partial charge >= 0.3 is 0 Å². The van der Waals surface area contributed by atoms with Crippen LogP contribution in [0.2, 0.25) is 0 Å². The monoisotopic (exact) mass is 396 g/mol. The van der Waals surface area contributed by atoms with Gasteiger partial charge in [0.15, 0.2) is 0 Å². The van der Waals surface area contributed by atoms with Gasteiger partial charge in [0.1, 0.15) is 0 Å². The normalized spacial score (nSPS) is 45.7. The number of fused-ring (bicyclic) bond motifs is 5. The van der Waals surface area contributed by atoms with E-state index in [9.17, 15) is 5.11 Å². The molecule has 0 unspecified atom stereocenters. The van der Waals surface area contributed by atoms with Gasteiger partial charge in [0.05, 0.1) is 12.3 Å². The molecule has 4 fully saturated rings. The quantitative estimate of drug-likeness (QED) is 0.666. The van der Waals surface area contributed by atoms with Crippen molar-refractivity contribution in [2.75, 3.05) is 0 Å². The lowest BCUT2D eigenvalue weighted by Crippen LogP contribution is -2.53. The number of aromatic nitrogens is 2. The fourth-order valence-corrected chi connectivity index (χ4v) is 8.42. The number of aliphatic hydroxyl groups excluding tert-OH is 1. The molecule has 4 aliphatic carbocycles. The van der Waals surface area contributed by atoms with Crippen molar-refractivity contribution in [1.29, 1.82) is 0 Å². The number of nitrogens with zero attached hydrogens (tertiary/aromatic N) is 2. The Morgan fingerprint density at radius 3 is 2.69 bits per heavy atom. The van der Waals surface area contributed by atoms with Crippen LogP contribution < -0.4 is 0 Å². The molecule has 3 heteroatoms. The molecule has 0 spiro atoms. The standard InChI is InChI=1S/C26H40N2O/c1-5-28-17(2)19(16-27-28)14-18-15-23-21-10-9-20-8-6-7-12-25(20,3)22(21)11-13-26(23,4)24(18)29/h14,16,20-24,29H,5-13,15H2,1-4H3/b18-14+/t20-,21+,22-,23-,24-,25+,26-/m1/s1. The van der Waals surface area contributed by atoms with Gasteiger partial charge in [0.25, 0.3) is 0 Å². The first-order chi connectivity index (χ1) is 13.9. The minimum absolute atomic E-state index is 0.0690. The van der Waals surface area contributed by atoms with Crippen molar-refractivity contribution >= 4 is 6.08 Å². The van der Waals surface area contributed by atoms with Crippen molar-refractivity contribution < 1.29 is 5.11 Å². The van der Waals surface area contributed by atoms with E-state index in [1.165, 1.54) is 68.2 Å². The molecule has 5 rings (SSSR count). The topological polar surface area (TPSA) is 38.0 Å². The average Bonchev–Trinajstić information content (AvgIpc) is 3.19. The predicted octanol–water partition coefficient (Wildman–Crippen LogP) is 6.00. The van der Waals surface area contributed by atoms with E-state index in [-0.39, 0.29) is 11.5 Å². The lowest BCUT2D eigenvalue weighted by atomic mass is 9.45. The van der Waals surface area contributed by atoms with Crippen molar-refractivity contribution in [2.24, 2.45) is 34.5 Å². The maximum Gasteiger partial charge on any atom is 0.0809 e. The summed E-state index contributed by atoms with van der Waals surface area (Å²) in [7, 11) is 0. The van der Waals surface area contributed by atoms with Crippen LogP contribution in [0.3, 0.4) is 0 Å². The third-order valence-corrected chi connectivity index (χ3v) is 10.2. The largest absolute Gasteiger partial charge is 0.388 e. The van der Waals surface area contributed by atoms with Crippen LogP contribution in [0.5, 0.6) is 0 Å². The molecule has 0 aromatic carbocycles. The molecule has 7 atom stereocenters. The molecular formula is C26H40N2O. The molecule has 0 bridgehead atoms. The molecule has 4 aliphatic rings. The van der Waals surface area contributed by atoms with Gasteiger partial charge in [-0.3, -0.25) is 4.68 Å². The van der Waals surface area contributed by atoms with Gasteiger partial charge in [0.2, 0.25) is 0 Å². The van der Waals surface area contributed by atoms with E-state index < -0.39 is 0 Å². The molecule has 1 aromatic rings. The summed E-state index contributed by atoms with van der Waals surface area (Å²) in [4.78, 5) is 0. The van der Waals surface area contributed by atoms with E-state index in [1.54, 1.807) is 0 Å². The third kappa shape index (κ3) is 2.82. The van der Waals surface area contributed by atoms with E-state index in [0.717, 1.165) is 30.7 Å². The lowest BCUT2D eigenvalue weighted by molar-refractivity contribution is -0.119. The van der Waals surface area contributed by atoms with Crippen molar-refractivity contribution in [2.45, 2.75) is 98.1 Å². The van der Waals surface area contributed by atoms with Crippen LogP contribution in [0.25, 0.3) is 6.08 Å². The van der Waals surface area contributed by atoms with Crippen LogP contribution in [0.4, 0.5) is 0 Å². The molecule has 1 N–H and O–H groups in total. The molecule has 0 aliphatic heterocycles. The maximum atomic E-state index is 11.5. The Morgan fingerprint density at radius 2 is 1.93 bits per heavy atom. The van der Waals surface area contributed by atoms with Crippen molar-refractivity contribution in [3.8, 4) is 0 Å². The van der Waals surface area contributed by atoms with E-state index in [2.05, 4.69) is 43.6 Å². The second-order valence-corrected chi connectivity index (χ2v) is 11.3. The highest BCUT2D eigenvalue weighted by molar-refractivity contribution is 5.57. The summed E-state index contributed by atoms with van der Waals surface area (Å²) in [5.74, 6) is 3.32. The Labute approximate surface area is 177 Å². The van der Waals surface area contributed by atoms with Crippen molar-refractivity contribution in [1.82, 2.24) is 9.78 Å². The second-order valence-electron chi connectivity index (χ2n) is 11.3. The Morgan fingerprint density at radius 1 is 1.10 bits per heavy atom. The molecule has 0 saturated heterocycles. The summed E-state index contributed by atoms with van der Waals surface area (Å²) in [6, 6.07) is 0. The molecule has 0 amide bonds. The van der Waals surface area contributed by atoms with Crippen molar-refractivity contribution in [3.05, 3.63) is 23.0 Å². The second kappa shape index (κ2) is 6.97. The van der Waals surface area contributed by atoms with Gasteiger partial charge in [-0.05, 0) is 99.5 Å². The number of rotatable bonds is 2. The molecule has 3 nitrogen and oxygen atoms in total. The zero-order valence-corrected chi connectivity index (χ0v) is 19.0. The van der Waals surface area contributed by atoms with E-state index >= 15 is 0 Å². The number of aryl methyl sites for hydroxylation is 1. The average molecular weight is 397 g/mol. The van der Waals surface area contributed by atoms with E-state index in [0.29, 0.717) is 11.3 Å². The van der Waals surface area contributed by atoms with Gasteiger partial charge < -0.3 is 5.11 Å². The first kappa shape index (κ1) is 19.8. The number of aliphatic hydroxyl groups is 1. The van der Waals surface area contributed by atoms with E-state index in [4.69, 9.17) is 0 Å². The van der Waals surface area contributed by atoms with Gasteiger partial charge in [-0.25, -0.2) is 0 Å². The van der Waals surface area contributed by atoms with Crippen LogP contribution in [0.15, 0.2) is 11.8 Å². The van der Waals surface area contributed by atoms with E-state index in [1.807, 2.05) is 6.20 Å². The first-order valence-electron chi connectivity index (χ1n) is 12.3. The highest BCUT2D eigenvalue weighted by atomic mass is 16.3. The van der Waals surface area contributed by atoms with Crippen LogP contribution in [0, 0.1) is 41.4 Å². The zero-order valence-electron chi connectivity index (χ0n) is 19.0. The summed E-state index contributed by atoms with van der Waals surface area (Å²) >= 11 is 0. The molecule has 1 aromatic heterocycles. The molecule has 4 saturated carbocycles. The van der Waals surface area contributed by atoms with Gasteiger partial charge in [0, 0.05) is 23.2 Å². The Hall–Kier alpha value is -1.09. The lowest BCUT2D eigenvalue weighted by Gasteiger charge is -2.60. The van der Waals surface area contributed by atoms with Crippen LogP contribution >= 0.6 is 0 Å². The van der Waals surface area contributed by atoms with Gasteiger partial charge in [-0.2, -0.15) is 5.10 Å². The molecule has 0 radical (unpaired) electrons. The Balaban J connectivity index is 1.45. The number of hydrogen-bond donors (Lipinski definition) is 1.